The summed E-state index contributed by atoms with van der Waals surface area (Å²) in [7, 11) is 1.66. The minimum atomic E-state index is -0.462. The Balaban J connectivity index is 1.36. The van der Waals surface area contributed by atoms with Gasteiger partial charge in [-0.15, -0.1) is 0 Å². The highest BCUT2D eigenvalue weighted by Gasteiger charge is 2.26. The molecule has 164 valence electrons. The minimum absolute atomic E-state index is 0.232. The number of morpholine rings is 1. The molecule has 3 heterocycles. The second-order valence-corrected chi connectivity index (χ2v) is 8.07. The van der Waals surface area contributed by atoms with Crippen LogP contribution in [0, 0.1) is 0 Å². The monoisotopic (exact) mass is 431 g/mol. The number of carbonyl (C=O) groups excluding carboxylic acids is 1. The van der Waals surface area contributed by atoms with Gasteiger partial charge in [0.25, 0.3) is 0 Å². The standard InChI is InChI=1S/C25H25N3O4/c1-30-18-6-7-23-17(11-18)10-16(15-32-23)13-28-8-9-31-24(14-28)22-12-20(25(26)29)19-4-2-3-5-21(19)27-22/h2-7,10-12,24H,8-9,13-15H2,1H3,(H2,26,29)/t24-/m1/s1. The van der Waals surface area contributed by atoms with Crippen molar-refractivity contribution < 1.29 is 19.0 Å². The Morgan fingerprint density at radius 3 is 2.97 bits per heavy atom. The van der Waals surface area contributed by atoms with Crippen molar-refractivity contribution in [2.45, 2.75) is 6.10 Å². The smallest absolute Gasteiger partial charge is 0.249 e. The van der Waals surface area contributed by atoms with Gasteiger partial charge >= 0.3 is 0 Å². The molecule has 1 saturated heterocycles. The van der Waals surface area contributed by atoms with Gasteiger partial charge in [-0.1, -0.05) is 18.2 Å². The highest BCUT2D eigenvalue weighted by atomic mass is 16.5. The Kier molecular flexibility index (Phi) is 5.51. The number of para-hydroxylation sites is 1. The van der Waals surface area contributed by atoms with Crippen LogP contribution < -0.4 is 15.2 Å². The third-order valence-electron chi connectivity index (χ3n) is 5.90. The molecule has 1 aromatic heterocycles. The zero-order chi connectivity index (χ0) is 22.1. The summed E-state index contributed by atoms with van der Waals surface area (Å²) < 4.78 is 17.3. The van der Waals surface area contributed by atoms with Crippen LogP contribution in [-0.2, 0) is 4.74 Å². The fraction of sp³-hybridized carbons (Fsp3) is 0.280. The highest BCUT2D eigenvalue weighted by molar-refractivity contribution is 6.05. The first-order valence-corrected chi connectivity index (χ1v) is 10.6. The summed E-state index contributed by atoms with van der Waals surface area (Å²) in [6.07, 6.45) is 1.94. The van der Waals surface area contributed by atoms with Crippen molar-refractivity contribution in [1.82, 2.24) is 9.88 Å². The maximum absolute atomic E-state index is 12.0. The summed E-state index contributed by atoms with van der Waals surface area (Å²) in [5, 5.41) is 0.759. The molecule has 0 aliphatic carbocycles. The summed E-state index contributed by atoms with van der Waals surface area (Å²) in [5.41, 5.74) is 9.80. The number of fused-ring (bicyclic) bond motifs is 2. The number of pyridine rings is 1. The van der Waals surface area contributed by atoms with E-state index in [0.29, 0.717) is 25.3 Å². The molecule has 0 radical (unpaired) electrons. The maximum atomic E-state index is 12.0. The average Bonchev–Trinajstić information content (AvgIpc) is 2.83. The first kappa shape index (κ1) is 20.5. The number of carbonyl (C=O) groups is 1. The molecule has 3 aromatic rings. The average molecular weight is 431 g/mol. The molecule has 7 heteroatoms. The van der Waals surface area contributed by atoms with E-state index in [1.54, 1.807) is 13.2 Å². The predicted octanol–water partition coefficient (Wildman–Crippen LogP) is 3.19. The van der Waals surface area contributed by atoms with E-state index in [9.17, 15) is 4.79 Å². The first-order chi connectivity index (χ1) is 15.6. The van der Waals surface area contributed by atoms with Crippen LogP contribution in [0.4, 0.5) is 0 Å². The third-order valence-corrected chi connectivity index (χ3v) is 5.90. The molecule has 5 rings (SSSR count). The molecule has 2 aliphatic rings. The number of hydrogen-bond donors (Lipinski definition) is 1. The van der Waals surface area contributed by atoms with Gasteiger partial charge in [-0.3, -0.25) is 9.69 Å². The second kappa shape index (κ2) is 8.61. The van der Waals surface area contributed by atoms with E-state index in [-0.39, 0.29) is 6.10 Å². The zero-order valence-electron chi connectivity index (χ0n) is 17.9. The third kappa shape index (κ3) is 4.04. The Bertz CT molecular complexity index is 1210. The molecule has 32 heavy (non-hydrogen) atoms. The van der Waals surface area contributed by atoms with E-state index < -0.39 is 5.91 Å². The maximum Gasteiger partial charge on any atom is 0.249 e. The second-order valence-electron chi connectivity index (χ2n) is 8.07. The van der Waals surface area contributed by atoms with Crippen LogP contribution in [0.5, 0.6) is 11.5 Å². The van der Waals surface area contributed by atoms with Gasteiger partial charge in [-0.05, 0) is 42.0 Å². The topological polar surface area (TPSA) is 86.9 Å². The van der Waals surface area contributed by atoms with E-state index in [1.807, 2.05) is 42.5 Å². The number of aromatic nitrogens is 1. The minimum Gasteiger partial charge on any atom is -0.497 e. The van der Waals surface area contributed by atoms with Gasteiger partial charge in [-0.2, -0.15) is 0 Å². The van der Waals surface area contributed by atoms with Crippen LogP contribution in [0.2, 0.25) is 0 Å². The molecule has 2 N–H and O–H groups in total. The molecule has 0 bridgehead atoms. The van der Waals surface area contributed by atoms with Crippen molar-refractivity contribution in [1.29, 1.82) is 0 Å². The Morgan fingerprint density at radius 2 is 2.12 bits per heavy atom. The zero-order valence-corrected chi connectivity index (χ0v) is 17.9. The van der Waals surface area contributed by atoms with Gasteiger partial charge in [0.05, 0.1) is 30.5 Å². The Labute approximate surface area is 186 Å². The lowest BCUT2D eigenvalue weighted by molar-refractivity contribution is -0.0292. The molecular formula is C25H25N3O4. The van der Waals surface area contributed by atoms with Crippen LogP contribution in [0.1, 0.15) is 27.7 Å². The van der Waals surface area contributed by atoms with Crippen LogP contribution in [-0.4, -0.2) is 55.7 Å². The summed E-state index contributed by atoms with van der Waals surface area (Å²) in [4.78, 5) is 19.1. The summed E-state index contributed by atoms with van der Waals surface area (Å²) >= 11 is 0. The van der Waals surface area contributed by atoms with E-state index in [4.69, 9.17) is 24.9 Å². The van der Waals surface area contributed by atoms with Gasteiger partial charge in [-0.25, -0.2) is 4.98 Å². The molecule has 7 nitrogen and oxygen atoms in total. The van der Waals surface area contributed by atoms with Crippen LogP contribution >= 0.6 is 0 Å². The number of rotatable bonds is 5. The number of nitrogens with zero attached hydrogens (tertiary/aromatic N) is 2. The Hall–Kier alpha value is -3.42. The molecule has 2 aromatic carbocycles. The van der Waals surface area contributed by atoms with Gasteiger partial charge < -0.3 is 19.9 Å². The van der Waals surface area contributed by atoms with Crippen molar-refractivity contribution in [2.75, 3.05) is 40.0 Å². The van der Waals surface area contributed by atoms with Crippen molar-refractivity contribution >= 4 is 22.9 Å². The number of primary amides is 1. The molecule has 2 aliphatic heterocycles. The number of hydrogen-bond acceptors (Lipinski definition) is 6. The molecule has 1 fully saturated rings. The fourth-order valence-electron chi connectivity index (χ4n) is 4.30. The largest absolute Gasteiger partial charge is 0.497 e. The van der Waals surface area contributed by atoms with Crippen LogP contribution in [0.3, 0.4) is 0 Å². The molecular weight excluding hydrogens is 406 g/mol. The predicted molar refractivity (Wildman–Crippen MR) is 122 cm³/mol. The lowest BCUT2D eigenvalue weighted by Crippen LogP contribution is -2.40. The number of amides is 1. The summed E-state index contributed by atoms with van der Waals surface area (Å²) in [6.45, 7) is 3.40. The quantitative estimate of drug-likeness (QED) is 0.668. The normalized spacial score (nSPS) is 18.5. The lowest BCUT2D eigenvalue weighted by Gasteiger charge is -2.34. The number of ether oxygens (including phenoxy) is 3. The fourth-order valence-corrected chi connectivity index (χ4v) is 4.30. The number of benzene rings is 2. The van der Waals surface area contributed by atoms with Crippen LogP contribution in [0.15, 0.2) is 54.1 Å². The summed E-state index contributed by atoms with van der Waals surface area (Å²) in [6, 6.07) is 15.1. The number of nitrogens with two attached hydrogens (primary N) is 1. The van der Waals surface area contributed by atoms with E-state index >= 15 is 0 Å². The molecule has 0 spiro atoms. The SMILES string of the molecule is COc1ccc2c(c1)C=C(CN1CCO[C@@H](c3cc(C(N)=O)c4ccccc4n3)C1)CO2. The van der Waals surface area contributed by atoms with E-state index in [0.717, 1.165) is 46.7 Å². The van der Waals surface area contributed by atoms with E-state index in [2.05, 4.69) is 11.0 Å². The van der Waals surface area contributed by atoms with Gasteiger partial charge in [0.2, 0.25) is 5.91 Å². The van der Waals surface area contributed by atoms with Crippen molar-refractivity contribution in [2.24, 2.45) is 5.73 Å². The Morgan fingerprint density at radius 1 is 1.25 bits per heavy atom. The van der Waals surface area contributed by atoms with E-state index in [1.165, 1.54) is 5.57 Å². The van der Waals surface area contributed by atoms with Gasteiger partial charge in [0.15, 0.2) is 0 Å². The molecule has 0 saturated carbocycles. The van der Waals surface area contributed by atoms with Gasteiger partial charge in [0, 0.05) is 30.6 Å². The molecule has 0 unspecified atom stereocenters. The molecule has 1 atom stereocenters. The highest BCUT2D eigenvalue weighted by Crippen LogP contribution is 2.31. The van der Waals surface area contributed by atoms with Gasteiger partial charge in [0.1, 0.15) is 24.2 Å². The summed E-state index contributed by atoms with van der Waals surface area (Å²) in [5.74, 6) is 1.22. The van der Waals surface area contributed by atoms with Crippen molar-refractivity contribution in [3.05, 3.63) is 70.9 Å². The first-order valence-electron chi connectivity index (χ1n) is 10.6. The lowest BCUT2D eigenvalue weighted by atomic mass is 10.0. The van der Waals surface area contributed by atoms with Crippen LogP contribution in [0.25, 0.3) is 17.0 Å². The van der Waals surface area contributed by atoms with Crippen molar-refractivity contribution in [3.8, 4) is 11.5 Å². The number of methoxy groups -OCH3 is 1. The van der Waals surface area contributed by atoms with Crippen molar-refractivity contribution in [3.63, 3.8) is 0 Å². The molecule has 1 amide bonds.